The minimum absolute atomic E-state index is 0.554. The fraction of sp³-hybridized carbons (Fsp3) is 0. The predicted molar refractivity (Wildman–Crippen MR) is 243 cm³/mol. The van der Waals surface area contributed by atoms with Gasteiger partial charge in [-0.2, -0.15) is 0 Å². The van der Waals surface area contributed by atoms with Gasteiger partial charge >= 0.3 is 0 Å². The second-order valence-corrected chi connectivity index (χ2v) is 14.6. The molecule has 0 radical (unpaired) electrons. The number of aromatic nitrogens is 8. The summed E-state index contributed by atoms with van der Waals surface area (Å²) in [5.74, 6) is 3.53. The molecule has 4 aromatic heterocycles. The van der Waals surface area contributed by atoms with Crippen molar-refractivity contribution in [3.05, 3.63) is 207 Å². The Morgan fingerprint density at radius 3 is 1.23 bits per heavy atom. The van der Waals surface area contributed by atoms with Crippen LogP contribution in [0.5, 0.6) is 0 Å². The van der Waals surface area contributed by atoms with Gasteiger partial charge < -0.3 is 4.57 Å². The standard InChI is InChI=1S/C53H34N8/c1-5-15-36(16-6-1)48-55-49(37-17-7-2-8-18-37)58-52(57-48)41-25-27-43-42-23-13-14-24-45(42)61(47(43)34-41)46-28-26-40(35-29-31-54-32-30-35)33-44(46)53-59-50(38-19-9-3-10-20-38)56-51(60-53)39-21-11-4-12-22-39/h1-34H. The van der Waals surface area contributed by atoms with Crippen LogP contribution in [0.25, 0.3) is 107 Å². The zero-order valence-electron chi connectivity index (χ0n) is 32.7. The Morgan fingerprint density at radius 1 is 0.279 bits per heavy atom. The number of fused-ring (bicyclic) bond motifs is 3. The molecule has 61 heavy (non-hydrogen) atoms. The lowest BCUT2D eigenvalue weighted by Crippen LogP contribution is -2.04. The van der Waals surface area contributed by atoms with Crippen LogP contribution < -0.4 is 0 Å². The topological polar surface area (TPSA) is 95.2 Å². The minimum atomic E-state index is 0.554. The Kier molecular flexibility index (Phi) is 8.98. The third kappa shape index (κ3) is 6.78. The van der Waals surface area contributed by atoms with E-state index in [1.54, 1.807) is 0 Å². The summed E-state index contributed by atoms with van der Waals surface area (Å²) < 4.78 is 2.31. The largest absolute Gasteiger partial charge is 0.308 e. The molecule has 0 aliphatic rings. The second kappa shape index (κ2) is 15.4. The van der Waals surface area contributed by atoms with Crippen LogP contribution in [-0.2, 0) is 0 Å². The number of nitrogens with zero attached hydrogens (tertiary/aromatic N) is 8. The Bertz CT molecular complexity index is 3220. The van der Waals surface area contributed by atoms with Crippen LogP contribution in [0.1, 0.15) is 0 Å². The molecule has 7 aromatic carbocycles. The number of hydrogen-bond acceptors (Lipinski definition) is 7. The molecule has 0 aliphatic heterocycles. The lowest BCUT2D eigenvalue weighted by molar-refractivity contribution is 1.06. The van der Waals surface area contributed by atoms with E-state index in [0.717, 1.165) is 72.0 Å². The van der Waals surface area contributed by atoms with Gasteiger partial charge in [0.25, 0.3) is 0 Å². The van der Waals surface area contributed by atoms with Crippen LogP contribution in [0.2, 0.25) is 0 Å². The molecule has 11 rings (SSSR count). The first-order valence-electron chi connectivity index (χ1n) is 20.1. The van der Waals surface area contributed by atoms with Crippen LogP contribution in [0.4, 0.5) is 0 Å². The molecule has 0 spiro atoms. The Morgan fingerprint density at radius 2 is 0.705 bits per heavy atom. The van der Waals surface area contributed by atoms with Crippen LogP contribution in [0.15, 0.2) is 207 Å². The second-order valence-electron chi connectivity index (χ2n) is 14.6. The molecule has 0 saturated heterocycles. The number of benzene rings is 7. The van der Waals surface area contributed by atoms with Crippen LogP contribution in [0.3, 0.4) is 0 Å². The maximum Gasteiger partial charge on any atom is 0.166 e. The third-order valence-electron chi connectivity index (χ3n) is 10.8. The zero-order chi connectivity index (χ0) is 40.5. The Balaban J connectivity index is 1.17. The summed E-state index contributed by atoms with van der Waals surface area (Å²) in [4.78, 5) is 34.9. The van der Waals surface area contributed by atoms with Crippen molar-refractivity contribution in [1.82, 2.24) is 39.5 Å². The fourth-order valence-corrected chi connectivity index (χ4v) is 7.87. The molecule has 286 valence electrons. The third-order valence-corrected chi connectivity index (χ3v) is 10.8. The highest BCUT2D eigenvalue weighted by molar-refractivity contribution is 6.10. The van der Waals surface area contributed by atoms with E-state index in [1.165, 1.54) is 0 Å². The van der Waals surface area contributed by atoms with Gasteiger partial charge in [-0.3, -0.25) is 4.98 Å². The van der Waals surface area contributed by atoms with Gasteiger partial charge in [0.1, 0.15) is 0 Å². The highest BCUT2D eigenvalue weighted by atomic mass is 15.1. The van der Waals surface area contributed by atoms with Crippen LogP contribution in [-0.4, -0.2) is 39.5 Å². The van der Waals surface area contributed by atoms with E-state index < -0.39 is 0 Å². The van der Waals surface area contributed by atoms with Crippen LogP contribution >= 0.6 is 0 Å². The van der Waals surface area contributed by atoms with Crippen molar-refractivity contribution in [2.24, 2.45) is 0 Å². The van der Waals surface area contributed by atoms with Crippen molar-refractivity contribution in [3.63, 3.8) is 0 Å². The van der Waals surface area contributed by atoms with Crippen molar-refractivity contribution in [1.29, 1.82) is 0 Å². The van der Waals surface area contributed by atoms with Crippen molar-refractivity contribution in [2.45, 2.75) is 0 Å². The molecule has 4 heterocycles. The fourth-order valence-electron chi connectivity index (χ4n) is 7.87. The van der Waals surface area contributed by atoms with Gasteiger partial charge in [-0.1, -0.05) is 158 Å². The SMILES string of the molecule is c1ccc(-c2nc(-c3ccccc3)nc(-c3ccc4c5ccccc5n(-c5ccc(-c6ccncc6)cc5-c5nc(-c6ccccc6)nc(-c6ccccc6)n5)c4c3)n2)cc1. The van der Waals surface area contributed by atoms with Crippen molar-refractivity contribution >= 4 is 21.8 Å². The summed E-state index contributed by atoms with van der Waals surface area (Å²) in [6, 6.07) is 65.8. The summed E-state index contributed by atoms with van der Waals surface area (Å²) in [6.45, 7) is 0. The maximum atomic E-state index is 5.23. The molecule has 8 nitrogen and oxygen atoms in total. The lowest BCUT2D eigenvalue weighted by Gasteiger charge is -2.16. The predicted octanol–water partition coefficient (Wildman–Crippen LogP) is 12.2. The summed E-state index contributed by atoms with van der Waals surface area (Å²) in [6.07, 6.45) is 3.63. The monoisotopic (exact) mass is 782 g/mol. The van der Waals surface area contributed by atoms with Crippen LogP contribution in [0, 0.1) is 0 Å². The average molecular weight is 783 g/mol. The van der Waals surface area contributed by atoms with Crippen molar-refractivity contribution in [3.8, 4) is 85.1 Å². The first-order valence-corrected chi connectivity index (χ1v) is 20.1. The van der Waals surface area contributed by atoms with Gasteiger partial charge in [0.05, 0.1) is 16.7 Å². The molecule has 0 atom stereocenters. The van der Waals surface area contributed by atoms with Crippen molar-refractivity contribution < 1.29 is 0 Å². The molecule has 0 saturated carbocycles. The van der Waals surface area contributed by atoms with E-state index in [4.69, 9.17) is 29.9 Å². The molecular weight excluding hydrogens is 749 g/mol. The van der Waals surface area contributed by atoms with Crippen molar-refractivity contribution in [2.75, 3.05) is 0 Å². The molecule has 0 bridgehead atoms. The summed E-state index contributed by atoms with van der Waals surface area (Å²) in [5, 5.41) is 2.21. The Hall–Kier alpha value is -8.49. The number of rotatable bonds is 8. The highest BCUT2D eigenvalue weighted by Gasteiger charge is 2.22. The highest BCUT2D eigenvalue weighted by Crippen LogP contribution is 2.39. The lowest BCUT2D eigenvalue weighted by atomic mass is 10.0. The molecule has 0 fully saturated rings. The van der Waals surface area contributed by atoms with Gasteiger partial charge in [0, 0.05) is 56.5 Å². The minimum Gasteiger partial charge on any atom is -0.308 e. The summed E-state index contributed by atoms with van der Waals surface area (Å²) in [7, 11) is 0. The van der Waals surface area contributed by atoms with E-state index >= 15 is 0 Å². The van der Waals surface area contributed by atoms with E-state index in [1.807, 2.05) is 146 Å². The normalized spacial score (nSPS) is 11.3. The van der Waals surface area contributed by atoms with E-state index in [2.05, 4.69) is 70.2 Å². The van der Waals surface area contributed by atoms with E-state index in [-0.39, 0.29) is 0 Å². The molecule has 0 amide bonds. The summed E-state index contributed by atoms with van der Waals surface area (Å²) in [5.41, 5.74) is 10.3. The first kappa shape index (κ1) is 35.7. The molecule has 11 aromatic rings. The zero-order valence-corrected chi connectivity index (χ0v) is 32.7. The molecule has 0 unspecified atom stereocenters. The van der Waals surface area contributed by atoms with Gasteiger partial charge in [0.2, 0.25) is 0 Å². The van der Waals surface area contributed by atoms with Gasteiger partial charge in [-0.25, -0.2) is 29.9 Å². The molecule has 0 aliphatic carbocycles. The quantitative estimate of drug-likeness (QED) is 0.151. The maximum absolute atomic E-state index is 5.23. The Labute approximate surface area is 351 Å². The molecule has 8 heteroatoms. The van der Waals surface area contributed by atoms with Gasteiger partial charge in [0.15, 0.2) is 34.9 Å². The number of pyridine rings is 1. The smallest absolute Gasteiger partial charge is 0.166 e. The van der Waals surface area contributed by atoms with E-state index in [9.17, 15) is 0 Å². The molecule has 0 N–H and O–H groups in total. The first-order chi connectivity index (χ1) is 30.2. The summed E-state index contributed by atoms with van der Waals surface area (Å²) >= 11 is 0. The van der Waals surface area contributed by atoms with Gasteiger partial charge in [-0.05, 0) is 47.5 Å². The number of para-hydroxylation sites is 1. The van der Waals surface area contributed by atoms with Gasteiger partial charge in [-0.15, -0.1) is 0 Å². The van der Waals surface area contributed by atoms with E-state index in [0.29, 0.717) is 34.9 Å². The molecular formula is C53H34N8. The number of hydrogen-bond donors (Lipinski definition) is 0. The average Bonchev–Trinajstić information content (AvgIpc) is 3.68.